The first-order chi connectivity index (χ1) is 12.7. The molecule has 3 aromatic rings. The Kier molecular flexibility index (Phi) is 4.60. The second-order valence-electron chi connectivity index (χ2n) is 6.74. The zero-order chi connectivity index (χ0) is 18.1. The van der Waals surface area contributed by atoms with Crippen LogP contribution in [-0.4, -0.2) is 18.0 Å². The number of H-pyrrole nitrogens is 1. The van der Waals surface area contributed by atoms with E-state index in [2.05, 4.69) is 16.4 Å². The van der Waals surface area contributed by atoms with Gasteiger partial charge in [0.2, 0.25) is 5.91 Å². The number of halogens is 1. The number of benzene rings is 2. The van der Waals surface area contributed by atoms with E-state index in [0.29, 0.717) is 11.6 Å². The Morgan fingerprint density at radius 2 is 2.15 bits per heavy atom. The standard InChI is InChI=1S/C21H21ClN2O2/c1-26-15-7-9-20-17(11-15)16-10-13(6-8-19(16)24-20)21(25)23-12-14-4-2-3-5-18(14)22/h2-5,7,9,11,13,24H,6,8,10,12H2,1H3,(H,23,25). The summed E-state index contributed by atoms with van der Waals surface area (Å²) in [5.74, 6) is 0.910. The van der Waals surface area contributed by atoms with Gasteiger partial charge in [-0.1, -0.05) is 29.8 Å². The number of rotatable bonds is 4. The van der Waals surface area contributed by atoms with E-state index in [9.17, 15) is 4.79 Å². The summed E-state index contributed by atoms with van der Waals surface area (Å²) in [4.78, 5) is 16.2. The van der Waals surface area contributed by atoms with Crippen molar-refractivity contribution in [1.29, 1.82) is 0 Å². The number of hydrogen-bond donors (Lipinski definition) is 2. The molecule has 134 valence electrons. The van der Waals surface area contributed by atoms with E-state index in [1.54, 1.807) is 7.11 Å². The molecule has 0 saturated heterocycles. The fourth-order valence-electron chi connectivity index (χ4n) is 3.72. The molecule has 1 atom stereocenters. The topological polar surface area (TPSA) is 54.1 Å². The van der Waals surface area contributed by atoms with Gasteiger partial charge in [-0.2, -0.15) is 0 Å². The Balaban J connectivity index is 1.50. The minimum absolute atomic E-state index is 0.0183. The number of aryl methyl sites for hydroxylation is 1. The average molecular weight is 369 g/mol. The number of ether oxygens (including phenoxy) is 1. The molecule has 1 aliphatic rings. The lowest BCUT2D eigenvalue weighted by atomic mass is 9.85. The maximum absolute atomic E-state index is 12.7. The van der Waals surface area contributed by atoms with Crippen LogP contribution in [0.3, 0.4) is 0 Å². The Hall–Kier alpha value is -2.46. The van der Waals surface area contributed by atoms with Gasteiger partial charge in [0.1, 0.15) is 5.75 Å². The maximum atomic E-state index is 12.7. The van der Waals surface area contributed by atoms with Crippen LogP contribution in [0, 0.1) is 5.92 Å². The number of aromatic nitrogens is 1. The summed E-state index contributed by atoms with van der Waals surface area (Å²) in [6.45, 7) is 0.462. The molecule has 1 aromatic heterocycles. The van der Waals surface area contributed by atoms with Crippen LogP contribution in [0.4, 0.5) is 0 Å². The molecule has 2 N–H and O–H groups in total. The van der Waals surface area contributed by atoms with Gasteiger partial charge in [0, 0.05) is 34.1 Å². The van der Waals surface area contributed by atoms with Crippen LogP contribution in [0.1, 0.15) is 23.2 Å². The van der Waals surface area contributed by atoms with Crippen molar-refractivity contribution in [2.45, 2.75) is 25.8 Å². The zero-order valence-electron chi connectivity index (χ0n) is 14.6. The summed E-state index contributed by atoms with van der Waals surface area (Å²) in [5.41, 5.74) is 4.52. The second kappa shape index (κ2) is 7.04. The van der Waals surface area contributed by atoms with Crippen LogP contribution in [0.5, 0.6) is 5.75 Å². The molecule has 0 saturated carbocycles. The minimum atomic E-state index is -0.0183. The zero-order valence-corrected chi connectivity index (χ0v) is 15.4. The molecule has 1 aliphatic carbocycles. The lowest BCUT2D eigenvalue weighted by molar-refractivity contribution is -0.125. The summed E-state index contributed by atoms with van der Waals surface area (Å²) < 4.78 is 5.35. The van der Waals surface area contributed by atoms with Crippen molar-refractivity contribution >= 4 is 28.4 Å². The van der Waals surface area contributed by atoms with Crippen LogP contribution in [0.15, 0.2) is 42.5 Å². The summed E-state index contributed by atoms with van der Waals surface area (Å²) >= 11 is 6.17. The predicted molar refractivity (Wildman–Crippen MR) is 104 cm³/mol. The summed E-state index contributed by atoms with van der Waals surface area (Å²) in [5, 5.41) is 4.88. The highest BCUT2D eigenvalue weighted by atomic mass is 35.5. The van der Waals surface area contributed by atoms with E-state index in [4.69, 9.17) is 16.3 Å². The van der Waals surface area contributed by atoms with Gasteiger partial charge in [-0.15, -0.1) is 0 Å². The van der Waals surface area contributed by atoms with Crippen LogP contribution in [0.25, 0.3) is 10.9 Å². The van der Waals surface area contributed by atoms with E-state index in [0.717, 1.165) is 41.5 Å². The minimum Gasteiger partial charge on any atom is -0.497 e. The van der Waals surface area contributed by atoms with Gasteiger partial charge in [-0.05, 0) is 54.7 Å². The summed E-state index contributed by atoms with van der Waals surface area (Å²) in [6.07, 6.45) is 2.48. The number of fused-ring (bicyclic) bond motifs is 3. The highest BCUT2D eigenvalue weighted by Crippen LogP contribution is 2.33. The smallest absolute Gasteiger partial charge is 0.223 e. The van der Waals surface area contributed by atoms with Crippen LogP contribution < -0.4 is 10.1 Å². The molecule has 0 aliphatic heterocycles. The molecule has 1 heterocycles. The fourth-order valence-corrected chi connectivity index (χ4v) is 3.92. The Morgan fingerprint density at radius 3 is 2.96 bits per heavy atom. The molecular formula is C21H21ClN2O2. The third-order valence-corrected chi connectivity index (χ3v) is 5.55. The van der Waals surface area contributed by atoms with Crippen molar-refractivity contribution in [2.24, 2.45) is 5.92 Å². The van der Waals surface area contributed by atoms with Crippen molar-refractivity contribution < 1.29 is 9.53 Å². The first-order valence-corrected chi connectivity index (χ1v) is 9.22. The Bertz CT molecular complexity index is 964. The molecule has 0 bridgehead atoms. The van der Waals surface area contributed by atoms with Gasteiger partial charge in [0.05, 0.1) is 7.11 Å². The lowest BCUT2D eigenvalue weighted by Crippen LogP contribution is -2.33. The molecular weight excluding hydrogens is 348 g/mol. The van der Waals surface area contributed by atoms with Gasteiger partial charge in [0.15, 0.2) is 0 Å². The highest BCUT2D eigenvalue weighted by molar-refractivity contribution is 6.31. The monoisotopic (exact) mass is 368 g/mol. The summed E-state index contributed by atoms with van der Waals surface area (Å²) in [6, 6.07) is 13.6. The number of carbonyl (C=O) groups excluding carboxylic acids is 1. The van der Waals surface area contributed by atoms with E-state index in [-0.39, 0.29) is 11.8 Å². The van der Waals surface area contributed by atoms with Gasteiger partial charge >= 0.3 is 0 Å². The van der Waals surface area contributed by atoms with E-state index in [1.165, 1.54) is 11.3 Å². The molecule has 0 spiro atoms. The number of methoxy groups -OCH3 is 1. The van der Waals surface area contributed by atoms with Gasteiger partial charge < -0.3 is 15.0 Å². The molecule has 1 amide bonds. The lowest BCUT2D eigenvalue weighted by Gasteiger charge is -2.22. The van der Waals surface area contributed by atoms with Crippen molar-refractivity contribution in [3.63, 3.8) is 0 Å². The quantitative estimate of drug-likeness (QED) is 0.723. The van der Waals surface area contributed by atoms with E-state index in [1.807, 2.05) is 36.4 Å². The van der Waals surface area contributed by atoms with Gasteiger partial charge in [0.25, 0.3) is 0 Å². The first kappa shape index (κ1) is 17.0. The number of carbonyl (C=O) groups is 1. The van der Waals surface area contributed by atoms with Crippen LogP contribution in [-0.2, 0) is 24.2 Å². The predicted octanol–water partition coefficient (Wildman–Crippen LogP) is 4.25. The molecule has 1 unspecified atom stereocenters. The number of hydrogen-bond acceptors (Lipinski definition) is 2. The Morgan fingerprint density at radius 1 is 1.31 bits per heavy atom. The third-order valence-electron chi connectivity index (χ3n) is 5.18. The van der Waals surface area contributed by atoms with Crippen LogP contribution >= 0.6 is 11.6 Å². The molecule has 4 nitrogen and oxygen atoms in total. The molecule has 0 radical (unpaired) electrons. The Labute approximate surface area is 157 Å². The summed E-state index contributed by atoms with van der Waals surface area (Å²) in [7, 11) is 1.67. The third kappa shape index (κ3) is 3.17. The first-order valence-electron chi connectivity index (χ1n) is 8.84. The van der Waals surface area contributed by atoms with Crippen molar-refractivity contribution in [3.8, 4) is 5.75 Å². The molecule has 2 aromatic carbocycles. The van der Waals surface area contributed by atoms with Crippen molar-refractivity contribution in [2.75, 3.05) is 7.11 Å². The highest BCUT2D eigenvalue weighted by Gasteiger charge is 2.27. The maximum Gasteiger partial charge on any atom is 0.223 e. The van der Waals surface area contributed by atoms with Gasteiger partial charge in [-0.3, -0.25) is 4.79 Å². The molecule has 5 heteroatoms. The second-order valence-corrected chi connectivity index (χ2v) is 7.15. The molecule has 4 rings (SSSR count). The molecule has 0 fully saturated rings. The SMILES string of the molecule is COc1ccc2[nH]c3c(c2c1)CC(C(=O)NCc1ccccc1Cl)CC3. The van der Waals surface area contributed by atoms with Crippen LogP contribution in [0.2, 0.25) is 5.02 Å². The van der Waals surface area contributed by atoms with E-state index >= 15 is 0 Å². The largest absolute Gasteiger partial charge is 0.497 e. The number of aromatic amines is 1. The van der Waals surface area contributed by atoms with Crippen molar-refractivity contribution in [3.05, 3.63) is 64.3 Å². The van der Waals surface area contributed by atoms with E-state index < -0.39 is 0 Å². The normalized spacial score (nSPS) is 16.3. The molecule has 26 heavy (non-hydrogen) atoms. The number of nitrogens with one attached hydrogen (secondary N) is 2. The van der Waals surface area contributed by atoms with Crippen molar-refractivity contribution in [1.82, 2.24) is 10.3 Å². The fraction of sp³-hybridized carbons (Fsp3) is 0.286. The van der Waals surface area contributed by atoms with Gasteiger partial charge in [-0.25, -0.2) is 0 Å². The average Bonchev–Trinajstić information content (AvgIpc) is 3.04. The number of amides is 1.